The first kappa shape index (κ1) is 9.90. The van der Waals surface area contributed by atoms with Gasteiger partial charge in [-0.15, -0.1) is 0 Å². The number of ether oxygens (including phenoxy) is 1. The Hall–Kier alpha value is -1.64. The average Bonchev–Trinajstić information content (AvgIpc) is 2.80. The van der Waals surface area contributed by atoms with Gasteiger partial charge in [-0.25, -0.2) is 4.99 Å². The summed E-state index contributed by atoms with van der Waals surface area (Å²) in [6.45, 7) is 1.43. The second-order valence-corrected chi connectivity index (χ2v) is 3.44. The van der Waals surface area contributed by atoms with Crippen LogP contribution in [0.4, 0.5) is 0 Å². The highest BCUT2D eigenvalue weighted by Crippen LogP contribution is 2.10. The number of hydrogen-bond donors (Lipinski definition) is 0. The van der Waals surface area contributed by atoms with Crippen LogP contribution in [0.2, 0.25) is 0 Å². The Kier molecular flexibility index (Phi) is 3.12. The second kappa shape index (κ2) is 4.73. The topological polar surface area (TPSA) is 38.7 Å². The van der Waals surface area contributed by atoms with Crippen LogP contribution in [0.3, 0.4) is 0 Å². The fraction of sp³-hybridized carbons (Fsp3) is 0.333. The van der Waals surface area contributed by atoms with Crippen LogP contribution in [0.5, 0.6) is 0 Å². The van der Waals surface area contributed by atoms with E-state index < -0.39 is 0 Å². The van der Waals surface area contributed by atoms with Crippen molar-refractivity contribution in [3.8, 4) is 0 Å². The van der Waals surface area contributed by atoms with E-state index in [0.29, 0.717) is 13.0 Å². The van der Waals surface area contributed by atoms with Crippen molar-refractivity contribution in [2.45, 2.75) is 12.8 Å². The van der Waals surface area contributed by atoms with E-state index in [-0.39, 0.29) is 0 Å². The molecule has 2 rings (SSSR count). The van der Waals surface area contributed by atoms with Crippen LogP contribution >= 0.6 is 0 Å². The van der Waals surface area contributed by atoms with Crippen molar-refractivity contribution in [1.82, 2.24) is 0 Å². The van der Waals surface area contributed by atoms with E-state index in [9.17, 15) is 4.79 Å². The standard InChI is InChI=1S/C12H13NO2/c14-8-1-2-10-3-5-11(6-4-10)12-13-7-9-15-12/h3-6,8H,1-2,7,9H2. The number of carbonyl (C=O) groups is 1. The fourth-order valence-corrected chi connectivity index (χ4v) is 1.55. The fourth-order valence-electron chi connectivity index (χ4n) is 1.55. The van der Waals surface area contributed by atoms with E-state index in [0.717, 1.165) is 30.7 Å². The molecule has 15 heavy (non-hydrogen) atoms. The number of aryl methyl sites for hydroxylation is 1. The first-order chi connectivity index (χ1) is 7.40. The highest BCUT2D eigenvalue weighted by atomic mass is 16.5. The third kappa shape index (κ3) is 2.43. The maximum Gasteiger partial charge on any atom is 0.216 e. The van der Waals surface area contributed by atoms with E-state index in [1.54, 1.807) is 0 Å². The molecule has 3 heteroatoms. The van der Waals surface area contributed by atoms with Gasteiger partial charge in [0.2, 0.25) is 5.90 Å². The summed E-state index contributed by atoms with van der Waals surface area (Å²) in [5.41, 5.74) is 2.19. The molecule has 0 amide bonds. The SMILES string of the molecule is O=CCCc1ccc(C2=NCCO2)cc1. The second-order valence-electron chi connectivity index (χ2n) is 3.44. The van der Waals surface area contributed by atoms with Gasteiger partial charge in [0.15, 0.2) is 0 Å². The highest BCUT2D eigenvalue weighted by Gasteiger charge is 2.09. The minimum Gasteiger partial charge on any atom is -0.476 e. The monoisotopic (exact) mass is 203 g/mol. The molecule has 0 aromatic heterocycles. The van der Waals surface area contributed by atoms with Gasteiger partial charge >= 0.3 is 0 Å². The molecule has 0 aliphatic carbocycles. The predicted octanol–water partition coefficient (Wildman–Crippen LogP) is 1.59. The van der Waals surface area contributed by atoms with E-state index in [2.05, 4.69) is 4.99 Å². The molecular weight excluding hydrogens is 190 g/mol. The number of rotatable bonds is 4. The molecule has 0 N–H and O–H groups in total. The molecule has 0 spiro atoms. The number of benzene rings is 1. The van der Waals surface area contributed by atoms with Crippen molar-refractivity contribution in [3.05, 3.63) is 35.4 Å². The zero-order chi connectivity index (χ0) is 10.5. The minimum atomic E-state index is 0.580. The van der Waals surface area contributed by atoms with E-state index >= 15 is 0 Å². The Balaban J connectivity index is 2.06. The minimum absolute atomic E-state index is 0.580. The Morgan fingerprint density at radius 3 is 2.73 bits per heavy atom. The first-order valence-corrected chi connectivity index (χ1v) is 5.10. The summed E-state index contributed by atoms with van der Waals surface area (Å²) in [6.07, 6.45) is 2.33. The molecule has 0 bridgehead atoms. The van der Waals surface area contributed by atoms with Gasteiger partial charge in [-0.1, -0.05) is 12.1 Å². The van der Waals surface area contributed by atoms with Gasteiger partial charge in [-0.3, -0.25) is 0 Å². The van der Waals surface area contributed by atoms with Crippen LogP contribution in [0.25, 0.3) is 0 Å². The smallest absolute Gasteiger partial charge is 0.216 e. The number of aliphatic imine (C=N–C) groups is 1. The summed E-state index contributed by atoms with van der Waals surface area (Å²) in [7, 11) is 0. The molecule has 3 nitrogen and oxygen atoms in total. The first-order valence-electron chi connectivity index (χ1n) is 5.10. The predicted molar refractivity (Wildman–Crippen MR) is 58.2 cm³/mol. The highest BCUT2D eigenvalue weighted by molar-refractivity contribution is 5.94. The molecule has 1 aromatic carbocycles. The zero-order valence-electron chi connectivity index (χ0n) is 8.48. The lowest BCUT2D eigenvalue weighted by molar-refractivity contribution is -0.107. The molecule has 78 valence electrons. The van der Waals surface area contributed by atoms with E-state index in [4.69, 9.17) is 4.74 Å². The molecule has 0 radical (unpaired) electrons. The molecule has 1 aliphatic rings. The largest absolute Gasteiger partial charge is 0.476 e. The summed E-state index contributed by atoms with van der Waals surface area (Å²) in [5, 5.41) is 0. The zero-order valence-corrected chi connectivity index (χ0v) is 8.48. The summed E-state index contributed by atoms with van der Waals surface area (Å²) in [6, 6.07) is 8.01. The summed E-state index contributed by atoms with van der Waals surface area (Å²) in [4.78, 5) is 14.5. The quantitative estimate of drug-likeness (QED) is 0.697. The van der Waals surface area contributed by atoms with Crippen LogP contribution < -0.4 is 0 Å². The number of nitrogens with zero attached hydrogens (tertiary/aromatic N) is 1. The van der Waals surface area contributed by atoms with Crippen LogP contribution in [-0.2, 0) is 16.0 Å². The number of aldehydes is 1. The van der Waals surface area contributed by atoms with Gasteiger partial charge in [0.1, 0.15) is 12.9 Å². The molecule has 0 unspecified atom stereocenters. The van der Waals surface area contributed by atoms with Gasteiger partial charge in [0, 0.05) is 12.0 Å². The maximum atomic E-state index is 10.2. The molecular formula is C12H13NO2. The van der Waals surface area contributed by atoms with Gasteiger partial charge in [-0.2, -0.15) is 0 Å². The van der Waals surface area contributed by atoms with Crippen molar-refractivity contribution in [3.63, 3.8) is 0 Å². The van der Waals surface area contributed by atoms with E-state index in [1.165, 1.54) is 5.56 Å². The molecule has 1 aliphatic heterocycles. The number of hydrogen-bond acceptors (Lipinski definition) is 3. The lowest BCUT2D eigenvalue weighted by Gasteiger charge is -2.02. The van der Waals surface area contributed by atoms with Gasteiger partial charge < -0.3 is 9.53 Å². The molecule has 1 aromatic rings. The third-order valence-electron chi connectivity index (χ3n) is 2.34. The maximum absolute atomic E-state index is 10.2. The molecule has 1 heterocycles. The van der Waals surface area contributed by atoms with Crippen molar-refractivity contribution in [2.75, 3.05) is 13.2 Å². The lowest BCUT2D eigenvalue weighted by Crippen LogP contribution is -2.00. The van der Waals surface area contributed by atoms with Crippen molar-refractivity contribution in [2.24, 2.45) is 4.99 Å². The van der Waals surface area contributed by atoms with Crippen molar-refractivity contribution >= 4 is 12.2 Å². The third-order valence-corrected chi connectivity index (χ3v) is 2.34. The summed E-state index contributed by atoms with van der Waals surface area (Å²) < 4.78 is 5.35. The molecule has 0 atom stereocenters. The normalized spacial score (nSPS) is 14.5. The Morgan fingerprint density at radius 1 is 1.33 bits per heavy atom. The van der Waals surface area contributed by atoms with Crippen molar-refractivity contribution < 1.29 is 9.53 Å². The van der Waals surface area contributed by atoms with Crippen molar-refractivity contribution in [1.29, 1.82) is 0 Å². The van der Waals surface area contributed by atoms with Crippen LogP contribution in [-0.4, -0.2) is 25.3 Å². The Bertz CT molecular complexity index is 368. The van der Waals surface area contributed by atoms with Gasteiger partial charge in [0.25, 0.3) is 0 Å². The molecule has 0 saturated carbocycles. The van der Waals surface area contributed by atoms with Gasteiger partial charge in [-0.05, 0) is 24.1 Å². The summed E-state index contributed by atoms with van der Waals surface area (Å²) in [5.74, 6) is 0.733. The van der Waals surface area contributed by atoms with Crippen LogP contribution in [0, 0.1) is 0 Å². The average molecular weight is 203 g/mol. The van der Waals surface area contributed by atoms with Gasteiger partial charge in [0.05, 0.1) is 6.54 Å². The number of carbonyl (C=O) groups excluding carboxylic acids is 1. The molecule has 0 fully saturated rings. The van der Waals surface area contributed by atoms with Crippen LogP contribution in [0.15, 0.2) is 29.3 Å². The Morgan fingerprint density at radius 2 is 2.13 bits per heavy atom. The van der Waals surface area contributed by atoms with E-state index in [1.807, 2.05) is 24.3 Å². The molecule has 0 saturated heterocycles. The summed E-state index contributed by atoms with van der Waals surface area (Å²) >= 11 is 0. The van der Waals surface area contributed by atoms with Crippen LogP contribution in [0.1, 0.15) is 17.5 Å². The lowest BCUT2D eigenvalue weighted by atomic mass is 10.1. The Labute approximate surface area is 88.8 Å².